The van der Waals surface area contributed by atoms with Crippen molar-refractivity contribution in [3.05, 3.63) is 48.5 Å². The van der Waals surface area contributed by atoms with E-state index >= 15 is 0 Å². The van der Waals surface area contributed by atoms with E-state index in [2.05, 4.69) is 30.9 Å². The minimum absolute atomic E-state index is 0.00853. The Hall–Kier alpha value is -4.22. The van der Waals surface area contributed by atoms with Crippen LogP contribution < -0.4 is 20.1 Å². The van der Waals surface area contributed by atoms with Crippen molar-refractivity contribution < 1.29 is 23.0 Å². The Morgan fingerprint density at radius 1 is 1.38 bits per heavy atom. The number of halogens is 2. The van der Waals surface area contributed by atoms with Gasteiger partial charge in [0.05, 0.1) is 35.5 Å². The minimum Gasteiger partial charge on any atom is -0.489 e. The molecule has 0 radical (unpaired) electrons. The van der Waals surface area contributed by atoms with E-state index in [4.69, 9.17) is 9.47 Å². The van der Waals surface area contributed by atoms with Crippen LogP contribution in [0.15, 0.2) is 43.0 Å². The van der Waals surface area contributed by atoms with Crippen molar-refractivity contribution in [2.45, 2.75) is 19.6 Å². The maximum absolute atomic E-state index is 13.1. The van der Waals surface area contributed by atoms with Crippen molar-refractivity contribution in [2.24, 2.45) is 0 Å². The molecule has 5 rings (SSSR count). The van der Waals surface area contributed by atoms with Crippen LogP contribution in [0.5, 0.6) is 11.5 Å². The first-order valence-corrected chi connectivity index (χ1v) is 9.65. The molecule has 1 atom stereocenters. The first-order valence-electron chi connectivity index (χ1n) is 9.65. The molecular weight excluding hydrogens is 424 g/mol. The van der Waals surface area contributed by atoms with Crippen molar-refractivity contribution in [1.82, 2.24) is 24.8 Å². The standard InChI is InChI=1S/C20H17F2N7O3/c1-10-9-31-16-5-11(15(32-20(21)22)6-13(16)26-10)17-14(8-24-28-17)27-19(30)12-7-25-29-4-2-3-23-18(12)29/h2-8,10,20,26H,9H2,1H3,(H,24,28)(H,27,30). The zero-order valence-electron chi connectivity index (χ0n) is 16.7. The minimum atomic E-state index is -3.04. The summed E-state index contributed by atoms with van der Waals surface area (Å²) in [6, 6.07) is 4.70. The van der Waals surface area contributed by atoms with Crippen molar-refractivity contribution in [2.75, 3.05) is 17.2 Å². The van der Waals surface area contributed by atoms with Crippen LogP contribution in [0, 0.1) is 0 Å². The van der Waals surface area contributed by atoms with E-state index in [1.54, 1.807) is 24.5 Å². The number of carbonyl (C=O) groups is 1. The van der Waals surface area contributed by atoms with Gasteiger partial charge >= 0.3 is 6.61 Å². The van der Waals surface area contributed by atoms with Crippen LogP contribution in [0.3, 0.4) is 0 Å². The third-order valence-corrected chi connectivity index (χ3v) is 4.87. The summed E-state index contributed by atoms with van der Waals surface area (Å²) in [7, 11) is 0. The summed E-state index contributed by atoms with van der Waals surface area (Å²) in [5.41, 5.74) is 1.95. The Morgan fingerprint density at radius 2 is 2.25 bits per heavy atom. The van der Waals surface area contributed by atoms with E-state index in [0.717, 1.165) is 0 Å². The number of nitrogens with one attached hydrogen (secondary N) is 3. The molecule has 1 aromatic carbocycles. The molecular formula is C20H17F2N7O3. The number of alkyl halides is 2. The molecule has 0 bridgehead atoms. The number of nitrogens with zero attached hydrogens (tertiary/aromatic N) is 4. The monoisotopic (exact) mass is 441 g/mol. The molecule has 0 aliphatic carbocycles. The van der Waals surface area contributed by atoms with E-state index in [-0.39, 0.29) is 34.3 Å². The van der Waals surface area contributed by atoms with Gasteiger partial charge in [0, 0.05) is 24.0 Å². The highest BCUT2D eigenvalue weighted by molar-refractivity contribution is 6.09. The number of ether oxygens (including phenoxy) is 2. The molecule has 0 saturated carbocycles. The SMILES string of the molecule is CC1COc2cc(-c3[nH]ncc3NC(=O)c3cnn4cccnc34)c(OC(F)F)cc2N1. The highest BCUT2D eigenvalue weighted by Crippen LogP contribution is 2.42. The van der Waals surface area contributed by atoms with Crippen LogP contribution in [0.25, 0.3) is 16.9 Å². The molecule has 164 valence electrons. The first-order chi connectivity index (χ1) is 15.5. The van der Waals surface area contributed by atoms with Crippen LogP contribution in [-0.2, 0) is 0 Å². The lowest BCUT2D eigenvalue weighted by Crippen LogP contribution is -2.28. The highest BCUT2D eigenvalue weighted by atomic mass is 19.3. The zero-order valence-corrected chi connectivity index (χ0v) is 16.7. The normalized spacial score (nSPS) is 15.2. The summed E-state index contributed by atoms with van der Waals surface area (Å²) in [5.74, 6) is -0.109. The highest BCUT2D eigenvalue weighted by Gasteiger charge is 2.24. The number of aromatic amines is 1. The van der Waals surface area contributed by atoms with Crippen LogP contribution >= 0.6 is 0 Å². The van der Waals surface area contributed by atoms with E-state index in [1.807, 2.05) is 6.92 Å². The van der Waals surface area contributed by atoms with Gasteiger partial charge < -0.3 is 20.1 Å². The molecule has 4 heterocycles. The molecule has 1 amide bonds. The molecule has 1 unspecified atom stereocenters. The zero-order chi connectivity index (χ0) is 22.2. The average Bonchev–Trinajstić information content (AvgIpc) is 3.39. The summed E-state index contributed by atoms with van der Waals surface area (Å²) in [5, 5.41) is 16.7. The maximum atomic E-state index is 13.1. The molecule has 0 fully saturated rings. The number of hydrogen-bond acceptors (Lipinski definition) is 7. The number of aromatic nitrogens is 5. The molecule has 0 spiro atoms. The number of anilines is 2. The Kier molecular flexibility index (Phi) is 4.81. The number of amides is 1. The van der Waals surface area contributed by atoms with E-state index in [1.165, 1.54) is 23.0 Å². The molecule has 12 heteroatoms. The fraction of sp³-hybridized carbons (Fsp3) is 0.200. The largest absolute Gasteiger partial charge is 0.489 e. The smallest absolute Gasteiger partial charge is 0.387 e. The van der Waals surface area contributed by atoms with Crippen LogP contribution in [-0.4, -0.2) is 50.0 Å². The first kappa shape index (κ1) is 19.7. The van der Waals surface area contributed by atoms with Crippen LogP contribution in [0.2, 0.25) is 0 Å². The fourth-order valence-electron chi connectivity index (χ4n) is 3.47. The van der Waals surface area contributed by atoms with Gasteiger partial charge in [-0.05, 0) is 19.1 Å². The second-order valence-corrected chi connectivity index (χ2v) is 7.14. The van der Waals surface area contributed by atoms with Gasteiger partial charge in [-0.15, -0.1) is 0 Å². The summed E-state index contributed by atoms with van der Waals surface area (Å²) in [6.45, 7) is -0.725. The topological polar surface area (TPSA) is 118 Å². The third-order valence-electron chi connectivity index (χ3n) is 4.87. The Morgan fingerprint density at radius 3 is 3.09 bits per heavy atom. The quantitative estimate of drug-likeness (QED) is 0.435. The van der Waals surface area contributed by atoms with Gasteiger partial charge in [0.25, 0.3) is 5.91 Å². The molecule has 10 nitrogen and oxygen atoms in total. The van der Waals surface area contributed by atoms with E-state index < -0.39 is 12.5 Å². The lowest BCUT2D eigenvalue weighted by Gasteiger charge is -2.26. The number of fused-ring (bicyclic) bond motifs is 2. The predicted molar refractivity (Wildman–Crippen MR) is 110 cm³/mol. The van der Waals surface area contributed by atoms with Crippen molar-refractivity contribution in [3.8, 4) is 22.8 Å². The Labute approximate surface area is 179 Å². The molecule has 3 N–H and O–H groups in total. The molecule has 0 saturated heterocycles. The average molecular weight is 441 g/mol. The van der Waals surface area contributed by atoms with Crippen LogP contribution in [0.4, 0.5) is 20.2 Å². The van der Waals surface area contributed by atoms with Crippen molar-refractivity contribution in [3.63, 3.8) is 0 Å². The molecule has 3 aromatic heterocycles. The van der Waals surface area contributed by atoms with Gasteiger partial charge in [0.15, 0.2) is 5.65 Å². The summed E-state index contributed by atoms with van der Waals surface area (Å²) >= 11 is 0. The second kappa shape index (κ2) is 7.80. The summed E-state index contributed by atoms with van der Waals surface area (Å²) in [4.78, 5) is 17.0. The fourth-order valence-corrected chi connectivity index (χ4v) is 3.47. The van der Waals surface area contributed by atoms with E-state index in [0.29, 0.717) is 23.7 Å². The Bertz CT molecular complexity index is 1300. The third kappa shape index (κ3) is 3.55. The van der Waals surface area contributed by atoms with Crippen molar-refractivity contribution >= 4 is 22.9 Å². The molecule has 4 aromatic rings. The molecule has 32 heavy (non-hydrogen) atoms. The number of H-pyrrole nitrogens is 1. The summed E-state index contributed by atoms with van der Waals surface area (Å²) < 4.78 is 38.2. The lowest BCUT2D eigenvalue weighted by atomic mass is 10.1. The lowest BCUT2D eigenvalue weighted by molar-refractivity contribution is -0.0494. The van der Waals surface area contributed by atoms with Gasteiger partial charge in [-0.25, -0.2) is 9.50 Å². The van der Waals surface area contributed by atoms with Gasteiger partial charge in [-0.1, -0.05) is 0 Å². The Balaban J connectivity index is 1.52. The van der Waals surface area contributed by atoms with Crippen LogP contribution in [0.1, 0.15) is 17.3 Å². The van der Waals surface area contributed by atoms with Gasteiger partial charge in [0.2, 0.25) is 0 Å². The molecule has 1 aliphatic rings. The number of hydrogen-bond donors (Lipinski definition) is 3. The van der Waals surface area contributed by atoms with Gasteiger partial charge in [-0.3, -0.25) is 9.89 Å². The van der Waals surface area contributed by atoms with Gasteiger partial charge in [0.1, 0.15) is 23.7 Å². The van der Waals surface area contributed by atoms with Gasteiger partial charge in [-0.2, -0.15) is 19.0 Å². The molecule has 1 aliphatic heterocycles. The number of rotatable bonds is 5. The number of benzene rings is 1. The van der Waals surface area contributed by atoms with E-state index in [9.17, 15) is 13.6 Å². The second-order valence-electron chi connectivity index (χ2n) is 7.14. The van der Waals surface area contributed by atoms with Crippen molar-refractivity contribution in [1.29, 1.82) is 0 Å². The predicted octanol–water partition coefficient (Wildman–Crippen LogP) is 3.17. The summed E-state index contributed by atoms with van der Waals surface area (Å²) in [6.07, 6.45) is 5.98. The maximum Gasteiger partial charge on any atom is 0.387 e. The number of carbonyl (C=O) groups excluding carboxylic acids is 1.